The van der Waals surface area contributed by atoms with E-state index < -0.39 is 0 Å². The number of nitriles is 1. The summed E-state index contributed by atoms with van der Waals surface area (Å²) in [5, 5.41) is 11.6. The number of carbonyl (C=O) groups excluding carboxylic acids is 1. The van der Waals surface area contributed by atoms with Crippen molar-refractivity contribution in [3.05, 3.63) is 0 Å². The number of carbonyl (C=O) groups is 1. The highest BCUT2D eigenvalue weighted by Crippen LogP contribution is 1.94. The highest BCUT2D eigenvalue weighted by atomic mass is 16.2. The summed E-state index contributed by atoms with van der Waals surface area (Å²) in [5.41, 5.74) is 0. The summed E-state index contributed by atoms with van der Waals surface area (Å²) in [7, 11) is 1.66. The Morgan fingerprint density at radius 1 is 1.57 bits per heavy atom. The highest BCUT2D eigenvalue weighted by Gasteiger charge is 2.15. The fourth-order valence-electron chi connectivity index (χ4n) is 1.38. The Bertz CT molecular complexity index is 229. The van der Waals surface area contributed by atoms with Gasteiger partial charge in [-0.05, 0) is 0 Å². The van der Waals surface area contributed by atoms with E-state index >= 15 is 0 Å². The van der Waals surface area contributed by atoms with Crippen molar-refractivity contribution in [1.29, 1.82) is 5.26 Å². The van der Waals surface area contributed by atoms with Gasteiger partial charge >= 0.3 is 0 Å². The summed E-state index contributed by atoms with van der Waals surface area (Å²) in [5.74, 6) is 0.0217. The number of piperazine rings is 1. The van der Waals surface area contributed by atoms with Gasteiger partial charge in [-0.15, -0.1) is 0 Å². The van der Waals surface area contributed by atoms with Crippen LogP contribution in [0.1, 0.15) is 0 Å². The summed E-state index contributed by atoms with van der Waals surface area (Å²) < 4.78 is 0. The molecule has 1 N–H and O–H groups in total. The minimum atomic E-state index is 0.0217. The Hall–Kier alpha value is -1.12. The molecule has 0 aliphatic carbocycles. The van der Waals surface area contributed by atoms with Crippen LogP contribution in [-0.4, -0.2) is 62.0 Å². The molecule has 5 heteroatoms. The largest absolute Gasteiger partial charge is 0.331 e. The van der Waals surface area contributed by atoms with E-state index in [2.05, 4.69) is 10.2 Å². The van der Waals surface area contributed by atoms with Crippen molar-refractivity contribution in [2.24, 2.45) is 0 Å². The molecule has 0 unspecified atom stereocenters. The smallest absolute Gasteiger partial charge is 0.237 e. The SMILES string of the molecule is CN(CC#N)C(=O)CN1CCNCC1. The maximum Gasteiger partial charge on any atom is 0.237 e. The van der Waals surface area contributed by atoms with Crippen molar-refractivity contribution in [3.8, 4) is 6.07 Å². The molecule has 0 aromatic heterocycles. The fraction of sp³-hybridized carbons (Fsp3) is 0.778. The fourth-order valence-corrected chi connectivity index (χ4v) is 1.38. The van der Waals surface area contributed by atoms with Crippen LogP contribution in [-0.2, 0) is 4.79 Å². The van der Waals surface area contributed by atoms with Gasteiger partial charge in [-0.3, -0.25) is 9.69 Å². The summed E-state index contributed by atoms with van der Waals surface area (Å²) in [6.07, 6.45) is 0. The Morgan fingerprint density at radius 3 is 2.79 bits per heavy atom. The average Bonchev–Trinajstić information content (AvgIpc) is 2.19. The van der Waals surface area contributed by atoms with Gasteiger partial charge in [-0.25, -0.2) is 0 Å². The van der Waals surface area contributed by atoms with Gasteiger partial charge in [-0.2, -0.15) is 5.26 Å². The van der Waals surface area contributed by atoms with Crippen molar-refractivity contribution in [1.82, 2.24) is 15.1 Å². The Morgan fingerprint density at radius 2 is 2.21 bits per heavy atom. The lowest BCUT2D eigenvalue weighted by atomic mass is 10.3. The maximum absolute atomic E-state index is 11.5. The van der Waals surface area contributed by atoms with Crippen LogP contribution in [0, 0.1) is 11.3 Å². The van der Waals surface area contributed by atoms with Crippen LogP contribution in [0.15, 0.2) is 0 Å². The molecule has 14 heavy (non-hydrogen) atoms. The number of likely N-dealkylation sites (N-methyl/N-ethyl adjacent to an activating group) is 1. The van der Waals surface area contributed by atoms with Gasteiger partial charge in [0.15, 0.2) is 0 Å². The highest BCUT2D eigenvalue weighted by molar-refractivity contribution is 5.78. The molecule has 1 aliphatic rings. The summed E-state index contributed by atoms with van der Waals surface area (Å²) in [4.78, 5) is 15.1. The predicted octanol–water partition coefficient (Wildman–Crippen LogP) is -1.13. The molecule has 0 atom stereocenters. The van der Waals surface area contributed by atoms with E-state index in [1.165, 1.54) is 4.90 Å². The minimum Gasteiger partial charge on any atom is -0.331 e. The first kappa shape index (κ1) is 11.0. The number of nitrogens with one attached hydrogen (secondary N) is 1. The van der Waals surface area contributed by atoms with Gasteiger partial charge in [0, 0.05) is 33.2 Å². The van der Waals surface area contributed by atoms with Gasteiger partial charge < -0.3 is 10.2 Å². The van der Waals surface area contributed by atoms with Crippen LogP contribution in [0.4, 0.5) is 0 Å². The van der Waals surface area contributed by atoms with Gasteiger partial charge in [-0.1, -0.05) is 0 Å². The minimum absolute atomic E-state index is 0.0217. The second-order valence-corrected chi connectivity index (χ2v) is 3.43. The van der Waals surface area contributed by atoms with Crippen molar-refractivity contribution in [3.63, 3.8) is 0 Å². The van der Waals surface area contributed by atoms with Crippen LogP contribution in [0.2, 0.25) is 0 Å². The number of rotatable bonds is 3. The molecule has 0 spiro atoms. The molecule has 1 aliphatic heterocycles. The normalized spacial score (nSPS) is 17.4. The van der Waals surface area contributed by atoms with Crippen molar-refractivity contribution >= 4 is 5.91 Å². The molecular weight excluding hydrogens is 180 g/mol. The molecule has 1 saturated heterocycles. The standard InChI is InChI=1S/C9H16N4O/c1-12(5-2-10)9(14)8-13-6-3-11-4-7-13/h11H,3-8H2,1H3. The summed E-state index contributed by atoms with van der Waals surface area (Å²) in [6, 6.07) is 1.96. The molecule has 0 aromatic carbocycles. The molecule has 1 rings (SSSR count). The molecule has 1 amide bonds. The zero-order valence-electron chi connectivity index (χ0n) is 8.49. The molecule has 78 valence electrons. The lowest BCUT2D eigenvalue weighted by Gasteiger charge is -2.27. The van der Waals surface area contributed by atoms with Gasteiger partial charge in [0.05, 0.1) is 12.6 Å². The van der Waals surface area contributed by atoms with E-state index in [4.69, 9.17) is 5.26 Å². The first-order chi connectivity index (χ1) is 6.74. The first-order valence-corrected chi connectivity index (χ1v) is 4.78. The van der Waals surface area contributed by atoms with E-state index in [-0.39, 0.29) is 12.5 Å². The van der Waals surface area contributed by atoms with Gasteiger partial charge in [0.25, 0.3) is 0 Å². The molecule has 0 saturated carbocycles. The molecule has 1 heterocycles. The Kier molecular flexibility index (Phi) is 4.36. The second kappa shape index (κ2) is 5.58. The number of hydrogen-bond acceptors (Lipinski definition) is 4. The molecule has 5 nitrogen and oxygen atoms in total. The Labute approximate surface area is 84.3 Å². The third kappa shape index (κ3) is 3.32. The third-order valence-electron chi connectivity index (χ3n) is 2.30. The number of hydrogen-bond donors (Lipinski definition) is 1. The quantitative estimate of drug-likeness (QED) is 0.580. The average molecular weight is 196 g/mol. The molecule has 0 radical (unpaired) electrons. The summed E-state index contributed by atoms with van der Waals surface area (Å²) in [6.45, 7) is 4.30. The van der Waals surface area contributed by atoms with Gasteiger partial charge in [0.1, 0.15) is 6.54 Å². The van der Waals surface area contributed by atoms with Crippen LogP contribution < -0.4 is 5.32 Å². The van der Waals surface area contributed by atoms with E-state index in [0.29, 0.717) is 6.54 Å². The molecule has 0 bridgehead atoms. The summed E-state index contributed by atoms with van der Waals surface area (Å²) >= 11 is 0. The lowest BCUT2D eigenvalue weighted by Crippen LogP contribution is -2.47. The van der Waals surface area contributed by atoms with Crippen molar-refractivity contribution < 1.29 is 4.79 Å². The zero-order valence-corrected chi connectivity index (χ0v) is 8.49. The third-order valence-corrected chi connectivity index (χ3v) is 2.30. The number of nitrogens with zero attached hydrogens (tertiary/aromatic N) is 3. The molecular formula is C9H16N4O. The second-order valence-electron chi connectivity index (χ2n) is 3.43. The van der Waals surface area contributed by atoms with E-state index in [9.17, 15) is 4.79 Å². The monoisotopic (exact) mass is 196 g/mol. The predicted molar refractivity (Wildman–Crippen MR) is 52.6 cm³/mol. The first-order valence-electron chi connectivity index (χ1n) is 4.78. The van der Waals surface area contributed by atoms with Crippen LogP contribution in [0.5, 0.6) is 0 Å². The van der Waals surface area contributed by atoms with Crippen LogP contribution in [0.25, 0.3) is 0 Å². The van der Waals surface area contributed by atoms with Crippen LogP contribution >= 0.6 is 0 Å². The van der Waals surface area contributed by atoms with E-state index in [1.54, 1.807) is 7.05 Å². The van der Waals surface area contributed by atoms with Crippen molar-refractivity contribution in [2.75, 3.05) is 46.3 Å². The number of amides is 1. The molecule has 1 fully saturated rings. The zero-order chi connectivity index (χ0) is 10.4. The van der Waals surface area contributed by atoms with Gasteiger partial charge in [0.2, 0.25) is 5.91 Å². The Balaban J connectivity index is 2.28. The van der Waals surface area contributed by atoms with E-state index in [1.807, 2.05) is 6.07 Å². The van der Waals surface area contributed by atoms with E-state index in [0.717, 1.165) is 26.2 Å². The molecule has 0 aromatic rings. The topological polar surface area (TPSA) is 59.4 Å². The lowest BCUT2D eigenvalue weighted by molar-refractivity contribution is -0.130. The van der Waals surface area contributed by atoms with Crippen molar-refractivity contribution in [2.45, 2.75) is 0 Å². The van der Waals surface area contributed by atoms with Crippen LogP contribution in [0.3, 0.4) is 0 Å². The maximum atomic E-state index is 11.5.